The molecule has 0 spiro atoms. The number of imidazole rings is 1. The van der Waals surface area contributed by atoms with Gasteiger partial charge < -0.3 is 14.5 Å². The normalized spacial score (nSPS) is 19.4. The van der Waals surface area contributed by atoms with Crippen molar-refractivity contribution in [1.82, 2.24) is 20.6 Å². The number of para-hydroxylation sites is 2. The average Bonchev–Trinajstić information content (AvgIpc) is 3.58. The van der Waals surface area contributed by atoms with E-state index in [1.54, 1.807) is 68.6 Å². The molecule has 242 valence electrons. The van der Waals surface area contributed by atoms with E-state index in [0.29, 0.717) is 53.1 Å². The Kier molecular flexibility index (Phi) is 10.1. The van der Waals surface area contributed by atoms with Crippen molar-refractivity contribution in [2.45, 2.75) is 52.1 Å². The first-order chi connectivity index (χ1) is 22.7. The van der Waals surface area contributed by atoms with Crippen LogP contribution in [0.2, 0.25) is 0 Å². The van der Waals surface area contributed by atoms with Gasteiger partial charge in [0, 0.05) is 23.5 Å². The summed E-state index contributed by atoms with van der Waals surface area (Å²) < 4.78 is 11.2. The molecule has 0 saturated heterocycles. The third kappa shape index (κ3) is 7.06. The summed E-state index contributed by atoms with van der Waals surface area (Å²) in [5.74, 6) is -2.01. The Balaban J connectivity index is 1.52. The lowest BCUT2D eigenvalue weighted by atomic mass is 9.81. The maximum atomic E-state index is 13.4. The number of hydrogen-bond donors (Lipinski definition) is 3. The Morgan fingerprint density at radius 1 is 0.766 bits per heavy atom. The molecule has 0 aliphatic carbocycles. The third-order valence-electron chi connectivity index (χ3n) is 7.71. The van der Waals surface area contributed by atoms with Gasteiger partial charge in [0.05, 0.1) is 19.1 Å². The Bertz CT molecular complexity index is 1810. The summed E-state index contributed by atoms with van der Waals surface area (Å²) in [5, 5.41) is 21.9. The van der Waals surface area contributed by atoms with Crippen molar-refractivity contribution in [2.75, 3.05) is 13.2 Å². The maximum absolute atomic E-state index is 13.4. The summed E-state index contributed by atoms with van der Waals surface area (Å²) in [6, 6.07) is 11.8. The topological polar surface area (TPSA) is 189 Å². The fraction of sp³-hybridized carbons (Fsp3) is 0.303. The lowest BCUT2D eigenvalue weighted by molar-refractivity contribution is -0.132. The highest BCUT2D eigenvalue weighted by atomic mass is 16.5. The number of H-pyrrole nitrogens is 1. The minimum absolute atomic E-state index is 0.0503. The Morgan fingerprint density at radius 2 is 1.30 bits per heavy atom. The number of hydrogen-bond acceptors (Lipinski definition) is 11. The number of carbonyl (C=O) groups excluding carboxylic acids is 4. The second-order valence-electron chi connectivity index (χ2n) is 10.7. The molecule has 47 heavy (non-hydrogen) atoms. The van der Waals surface area contributed by atoms with Crippen LogP contribution in [0.1, 0.15) is 45.9 Å². The predicted molar refractivity (Wildman–Crippen MR) is 169 cm³/mol. The number of benzene rings is 2. The Hall–Kier alpha value is -5.79. The number of rotatable bonds is 12. The molecule has 3 N–H and O–H groups in total. The van der Waals surface area contributed by atoms with Crippen LogP contribution in [0.3, 0.4) is 0 Å². The van der Waals surface area contributed by atoms with Gasteiger partial charge in [0.1, 0.15) is 28.7 Å². The molecule has 0 saturated carbocycles. The van der Waals surface area contributed by atoms with Crippen LogP contribution in [-0.4, -0.2) is 58.9 Å². The molecule has 3 aromatic rings. The molecular formula is C33H34N8O6. The zero-order valence-electron chi connectivity index (χ0n) is 26.3. The molecular weight excluding hydrogens is 604 g/mol. The van der Waals surface area contributed by atoms with E-state index in [1.807, 2.05) is 13.8 Å². The van der Waals surface area contributed by atoms with Crippen LogP contribution >= 0.6 is 0 Å². The van der Waals surface area contributed by atoms with Crippen LogP contribution in [0, 0.1) is 0 Å². The fourth-order valence-corrected chi connectivity index (χ4v) is 5.41. The number of imide groups is 2. The van der Waals surface area contributed by atoms with Gasteiger partial charge in [-0.05, 0) is 69.5 Å². The second kappa shape index (κ2) is 14.5. The lowest BCUT2D eigenvalue weighted by Crippen LogP contribution is -2.47. The zero-order valence-corrected chi connectivity index (χ0v) is 26.3. The van der Waals surface area contributed by atoms with Crippen LogP contribution in [0.5, 0.6) is 11.5 Å². The van der Waals surface area contributed by atoms with E-state index in [-0.39, 0.29) is 17.6 Å². The SMILES string of the molecule is CCOc1ccccc1N=NC1C(=O)NC(=O)C(CC(C2=C(C)C(N=Nc3ccccc3OCC)C(=O)NC2=O)c2ncc[nH]2)=C1C. The van der Waals surface area contributed by atoms with Gasteiger partial charge in [0.15, 0.2) is 12.1 Å². The molecule has 14 nitrogen and oxygen atoms in total. The van der Waals surface area contributed by atoms with Gasteiger partial charge >= 0.3 is 0 Å². The van der Waals surface area contributed by atoms with Gasteiger partial charge in [0.25, 0.3) is 23.6 Å². The largest absolute Gasteiger partial charge is 0.492 e. The van der Waals surface area contributed by atoms with E-state index >= 15 is 0 Å². The molecule has 1 aromatic heterocycles. The van der Waals surface area contributed by atoms with E-state index in [1.165, 1.54) is 6.20 Å². The third-order valence-corrected chi connectivity index (χ3v) is 7.71. The number of aromatic amines is 1. The summed E-state index contributed by atoms with van der Waals surface area (Å²) in [5.41, 5.74) is 1.96. The fourth-order valence-electron chi connectivity index (χ4n) is 5.41. The molecule has 4 amide bonds. The maximum Gasteiger partial charge on any atom is 0.257 e. The number of aromatic nitrogens is 2. The van der Waals surface area contributed by atoms with Crippen molar-refractivity contribution in [3.63, 3.8) is 0 Å². The Morgan fingerprint density at radius 3 is 1.83 bits per heavy atom. The molecule has 14 heteroatoms. The zero-order chi connectivity index (χ0) is 33.5. The minimum atomic E-state index is -1.14. The first kappa shape index (κ1) is 32.6. The standard InChI is InChI=1S/C33H34N8O6/c1-5-46-24-13-9-7-11-22(24)38-40-27-18(3)20(30(42)36-32(27)44)17-21(29-34-15-16-35-29)26-19(4)28(33(45)37-31(26)43)41-39-23-12-8-10-14-25(23)47-6-2/h7-16,21,27-28H,5-6,17H2,1-4H3,(H,34,35)(H,36,42,44)(H,37,43,45). The molecule has 5 rings (SSSR count). The summed E-state index contributed by atoms with van der Waals surface area (Å²) >= 11 is 0. The molecule has 2 aromatic carbocycles. The quantitative estimate of drug-likeness (QED) is 0.185. The lowest BCUT2D eigenvalue weighted by Gasteiger charge is -2.29. The summed E-state index contributed by atoms with van der Waals surface area (Å²) in [4.78, 5) is 60.0. The first-order valence-electron chi connectivity index (χ1n) is 15.1. The van der Waals surface area contributed by atoms with Crippen LogP contribution in [-0.2, 0) is 19.2 Å². The number of carbonyl (C=O) groups is 4. The first-order valence-corrected chi connectivity index (χ1v) is 15.1. The van der Waals surface area contributed by atoms with Crippen LogP contribution in [0.4, 0.5) is 11.4 Å². The number of nitrogens with one attached hydrogen (secondary N) is 3. The van der Waals surface area contributed by atoms with E-state index in [0.717, 1.165) is 0 Å². The second-order valence-corrected chi connectivity index (χ2v) is 10.7. The summed E-state index contributed by atoms with van der Waals surface area (Å²) in [6.07, 6.45) is 3.06. The molecule has 2 aliphatic rings. The van der Waals surface area contributed by atoms with Crippen molar-refractivity contribution in [3.05, 3.63) is 89.0 Å². The molecule has 0 bridgehead atoms. The molecule has 3 unspecified atom stereocenters. The highest BCUT2D eigenvalue weighted by Crippen LogP contribution is 2.38. The van der Waals surface area contributed by atoms with Crippen molar-refractivity contribution in [1.29, 1.82) is 0 Å². The molecule has 2 aliphatic heterocycles. The number of amides is 4. The highest BCUT2D eigenvalue weighted by molar-refractivity contribution is 6.13. The van der Waals surface area contributed by atoms with E-state index in [9.17, 15) is 19.2 Å². The van der Waals surface area contributed by atoms with Gasteiger partial charge in [-0.25, -0.2) is 4.98 Å². The van der Waals surface area contributed by atoms with Crippen molar-refractivity contribution in [3.8, 4) is 11.5 Å². The monoisotopic (exact) mass is 638 g/mol. The number of azo groups is 2. The van der Waals surface area contributed by atoms with Crippen molar-refractivity contribution in [2.24, 2.45) is 20.5 Å². The van der Waals surface area contributed by atoms with Gasteiger partial charge in [-0.2, -0.15) is 20.5 Å². The van der Waals surface area contributed by atoms with Crippen molar-refractivity contribution < 1.29 is 28.7 Å². The molecule has 0 radical (unpaired) electrons. The number of ether oxygens (including phenoxy) is 2. The van der Waals surface area contributed by atoms with E-state index in [2.05, 4.69) is 41.1 Å². The van der Waals surface area contributed by atoms with Gasteiger partial charge in [-0.15, -0.1) is 0 Å². The predicted octanol–water partition coefficient (Wildman–Crippen LogP) is 4.93. The average molecular weight is 639 g/mol. The van der Waals surface area contributed by atoms with Gasteiger partial charge in [-0.1, -0.05) is 24.3 Å². The summed E-state index contributed by atoms with van der Waals surface area (Å²) in [6.45, 7) is 7.76. The van der Waals surface area contributed by atoms with Crippen LogP contribution in [0.15, 0.2) is 104 Å². The summed E-state index contributed by atoms with van der Waals surface area (Å²) in [7, 11) is 0. The van der Waals surface area contributed by atoms with Gasteiger partial charge in [-0.3, -0.25) is 29.8 Å². The van der Waals surface area contributed by atoms with Crippen LogP contribution in [0.25, 0.3) is 0 Å². The minimum Gasteiger partial charge on any atom is -0.492 e. The molecule has 3 atom stereocenters. The number of nitrogens with zero attached hydrogens (tertiary/aromatic N) is 5. The van der Waals surface area contributed by atoms with E-state index < -0.39 is 41.6 Å². The Labute approximate surface area is 270 Å². The highest BCUT2D eigenvalue weighted by Gasteiger charge is 2.40. The van der Waals surface area contributed by atoms with Gasteiger partial charge in [0.2, 0.25) is 0 Å². The molecule has 3 heterocycles. The molecule has 0 fully saturated rings. The van der Waals surface area contributed by atoms with Crippen molar-refractivity contribution >= 4 is 35.0 Å². The van der Waals surface area contributed by atoms with E-state index in [4.69, 9.17) is 9.47 Å². The van der Waals surface area contributed by atoms with Crippen LogP contribution < -0.4 is 20.1 Å². The smallest absolute Gasteiger partial charge is 0.257 e.